The minimum Gasteiger partial charge on any atom is -0.381 e. The normalized spacial score (nSPS) is 16.1. The lowest BCUT2D eigenvalue weighted by Crippen LogP contribution is -2.59. The van der Waals surface area contributed by atoms with Gasteiger partial charge in [0.2, 0.25) is 5.78 Å². The van der Waals surface area contributed by atoms with Crippen LogP contribution < -0.4 is 15.1 Å². The van der Waals surface area contributed by atoms with Gasteiger partial charge in [-0.25, -0.2) is 9.97 Å². The second-order valence-corrected chi connectivity index (χ2v) is 15.4. The predicted octanol–water partition coefficient (Wildman–Crippen LogP) is 7.00. The smallest absolute Gasteiger partial charge is 0.259 e. The summed E-state index contributed by atoms with van der Waals surface area (Å²) in [4.78, 5) is 63.8. The fourth-order valence-electron chi connectivity index (χ4n) is 7.75. The second-order valence-electron chi connectivity index (χ2n) is 14.3. The van der Waals surface area contributed by atoms with Crippen LogP contribution >= 0.6 is 11.3 Å². The molecule has 3 aliphatic heterocycles. The molecule has 0 unspecified atom stereocenters. The lowest BCUT2D eigenvalue weighted by atomic mass is 9.73. The van der Waals surface area contributed by atoms with Crippen LogP contribution in [0, 0.1) is 19.3 Å². The Labute approximate surface area is 310 Å². The molecule has 3 aliphatic rings. The molecular formula is C41H37N7O4S. The Kier molecular flexibility index (Phi) is 8.16. The van der Waals surface area contributed by atoms with Gasteiger partial charge in [-0.15, -0.1) is 11.3 Å². The van der Waals surface area contributed by atoms with Crippen LogP contribution in [0.2, 0.25) is 0 Å². The number of rotatable bonds is 6. The molecule has 0 atom stereocenters. The van der Waals surface area contributed by atoms with E-state index in [1.165, 1.54) is 11.3 Å². The third-order valence-electron chi connectivity index (χ3n) is 10.6. The van der Waals surface area contributed by atoms with Crippen molar-refractivity contribution in [2.75, 3.05) is 48.0 Å². The lowest BCUT2D eigenvalue weighted by molar-refractivity contribution is -0.000511. The van der Waals surface area contributed by atoms with Crippen molar-refractivity contribution in [1.29, 1.82) is 0 Å². The van der Waals surface area contributed by atoms with Gasteiger partial charge >= 0.3 is 0 Å². The summed E-state index contributed by atoms with van der Waals surface area (Å²) < 4.78 is 5.57. The Morgan fingerprint density at radius 1 is 0.962 bits per heavy atom. The number of hydrogen-bond donors (Lipinski definition) is 2. The molecule has 4 aromatic heterocycles. The summed E-state index contributed by atoms with van der Waals surface area (Å²) in [5.74, 6) is 0.413. The summed E-state index contributed by atoms with van der Waals surface area (Å²) in [5, 5.41) is 3.02. The number of nitrogens with zero attached hydrogens (tertiary/aromatic N) is 5. The molecule has 2 amide bonds. The van der Waals surface area contributed by atoms with Crippen molar-refractivity contribution in [3.63, 3.8) is 0 Å². The number of ether oxygens (including phenoxy) is 1. The zero-order chi connectivity index (χ0) is 36.3. The van der Waals surface area contributed by atoms with E-state index in [1.807, 2.05) is 56.3 Å². The molecule has 266 valence electrons. The fourth-order valence-corrected chi connectivity index (χ4v) is 8.90. The molecular weight excluding hydrogens is 687 g/mol. The number of imidazole rings is 1. The Balaban J connectivity index is 0.919. The number of aryl methyl sites for hydroxylation is 2. The number of nitrogens with one attached hydrogen (secondary N) is 2. The number of anilines is 3. The van der Waals surface area contributed by atoms with E-state index < -0.39 is 0 Å². The van der Waals surface area contributed by atoms with Crippen LogP contribution in [0.5, 0.6) is 0 Å². The Bertz CT molecular complexity index is 2420. The molecule has 2 N–H and O–H groups in total. The highest BCUT2D eigenvalue weighted by molar-refractivity contribution is 7.17. The molecule has 0 saturated carbocycles. The zero-order valence-electron chi connectivity index (χ0n) is 29.4. The maximum Gasteiger partial charge on any atom is 0.259 e. The van der Waals surface area contributed by atoms with Gasteiger partial charge < -0.3 is 24.8 Å². The van der Waals surface area contributed by atoms with Gasteiger partial charge in [0.1, 0.15) is 11.5 Å². The predicted molar refractivity (Wildman–Crippen MR) is 205 cm³/mol. The highest BCUT2D eigenvalue weighted by Crippen LogP contribution is 2.43. The van der Waals surface area contributed by atoms with Crippen molar-refractivity contribution < 1.29 is 19.1 Å². The average Bonchev–Trinajstić information content (AvgIpc) is 3.77. The van der Waals surface area contributed by atoms with Crippen LogP contribution in [0.3, 0.4) is 0 Å². The van der Waals surface area contributed by atoms with Crippen LogP contribution in [-0.2, 0) is 11.2 Å². The van der Waals surface area contributed by atoms with E-state index in [-0.39, 0.29) is 23.0 Å². The van der Waals surface area contributed by atoms with E-state index in [1.54, 1.807) is 41.6 Å². The van der Waals surface area contributed by atoms with Gasteiger partial charge in [-0.2, -0.15) is 0 Å². The van der Waals surface area contributed by atoms with Crippen molar-refractivity contribution in [3.8, 4) is 10.6 Å². The summed E-state index contributed by atoms with van der Waals surface area (Å²) in [5.41, 5.74) is 7.68. The van der Waals surface area contributed by atoms with Gasteiger partial charge in [0, 0.05) is 61.9 Å². The Morgan fingerprint density at radius 3 is 2.57 bits per heavy atom. The first-order chi connectivity index (χ1) is 25.7. The van der Waals surface area contributed by atoms with Crippen molar-refractivity contribution in [3.05, 3.63) is 118 Å². The molecule has 1 spiro atoms. The van der Waals surface area contributed by atoms with Gasteiger partial charge in [-0.05, 0) is 104 Å². The topological polar surface area (TPSA) is 133 Å². The molecule has 0 radical (unpaired) electrons. The number of ketones is 1. The largest absolute Gasteiger partial charge is 0.381 e. The summed E-state index contributed by atoms with van der Waals surface area (Å²) in [7, 11) is 0. The van der Waals surface area contributed by atoms with Crippen molar-refractivity contribution in [2.24, 2.45) is 5.41 Å². The number of amides is 2. The van der Waals surface area contributed by atoms with Crippen LogP contribution in [0.25, 0.3) is 21.6 Å². The minimum absolute atomic E-state index is 0.171. The fraction of sp³-hybridized carbons (Fsp3) is 0.268. The van der Waals surface area contributed by atoms with E-state index in [0.29, 0.717) is 57.7 Å². The average molecular weight is 724 g/mol. The number of carbonyl (C=O) groups is 3. The van der Waals surface area contributed by atoms with Gasteiger partial charge in [-0.1, -0.05) is 12.1 Å². The maximum absolute atomic E-state index is 14.1. The third-order valence-corrected chi connectivity index (χ3v) is 11.8. The quantitative estimate of drug-likeness (QED) is 0.176. The molecule has 2 fully saturated rings. The lowest BCUT2D eigenvalue weighted by Gasteiger charge is -2.53. The number of carbonyl (C=O) groups excluding carboxylic acids is 3. The molecule has 2 saturated heterocycles. The van der Waals surface area contributed by atoms with Crippen LogP contribution in [0.15, 0.2) is 79.1 Å². The number of H-pyrrole nitrogens is 1. The number of aromatic nitrogens is 4. The standard InChI is InChI=1S/C41H37N7O4S/c1-24-19-29(38(43-21-24)47-22-41(23-47)13-17-52-18-14-41)39(50)44-28-10-8-26(9-11-28)40(51)48-16-12-27-20-32(53-36(27)34-31(48)7-4-15-42-34)35(49)37-45-30-6-3-5-25(2)33(30)46-37/h3-11,15,19-21H,12-14,16-18,22-23H2,1-2H3,(H,44,50)(H,45,46). The van der Waals surface area contributed by atoms with Crippen molar-refractivity contribution >= 4 is 57.2 Å². The molecule has 0 aliphatic carbocycles. The van der Waals surface area contributed by atoms with E-state index in [2.05, 4.69) is 25.2 Å². The highest BCUT2D eigenvalue weighted by Gasteiger charge is 2.45. The highest BCUT2D eigenvalue weighted by atomic mass is 32.1. The summed E-state index contributed by atoms with van der Waals surface area (Å²) >= 11 is 1.38. The van der Waals surface area contributed by atoms with E-state index in [9.17, 15) is 14.4 Å². The van der Waals surface area contributed by atoms with Crippen LogP contribution in [0.4, 0.5) is 17.2 Å². The first-order valence-corrected chi connectivity index (χ1v) is 18.7. The maximum atomic E-state index is 14.1. The molecule has 12 heteroatoms. The van der Waals surface area contributed by atoms with Crippen molar-refractivity contribution in [2.45, 2.75) is 33.1 Å². The Hall–Kier alpha value is -5.72. The number of benzene rings is 2. The summed E-state index contributed by atoms with van der Waals surface area (Å²) in [6.07, 6.45) is 6.12. The molecule has 0 bridgehead atoms. The van der Waals surface area contributed by atoms with Gasteiger partial charge in [0.15, 0.2) is 5.82 Å². The number of thiophene rings is 1. The van der Waals surface area contributed by atoms with Gasteiger partial charge in [-0.3, -0.25) is 19.4 Å². The molecule has 7 heterocycles. The summed E-state index contributed by atoms with van der Waals surface area (Å²) in [6.45, 7) is 7.62. The number of pyridine rings is 2. The van der Waals surface area contributed by atoms with Gasteiger partial charge in [0.05, 0.1) is 32.0 Å². The van der Waals surface area contributed by atoms with Crippen LogP contribution in [-0.4, -0.2) is 70.4 Å². The van der Waals surface area contributed by atoms with Crippen molar-refractivity contribution in [1.82, 2.24) is 19.9 Å². The molecule has 9 rings (SSSR count). The SMILES string of the molecule is Cc1cnc(N2CC3(CCOCC3)C2)c(C(=O)Nc2ccc(C(=O)N3CCc4cc(C(=O)c5nc6c(C)cccc6[nH]5)sc4-c4ncccc43)cc2)c1. The Morgan fingerprint density at radius 2 is 1.77 bits per heavy atom. The first kappa shape index (κ1) is 33.1. The van der Waals surface area contributed by atoms with Crippen LogP contribution in [0.1, 0.15) is 65.7 Å². The van der Waals surface area contributed by atoms with E-state index >= 15 is 0 Å². The number of para-hydroxylation sites is 1. The zero-order valence-corrected chi connectivity index (χ0v) is 30.3. The molecule has 53 heavy (non-hydrogen) atoms. The number of aromatic amines is 1. The van der Waals surface area contributed by atoms with E-state index in [4.69, 9.17) is 9.72 Å². The number of hydrogen-bond acceptors (Lipinski definition) is 9. The minimum atomic E-state index is -0.241. The molecule has 2 aromatic carbocycles. The third kappa shape index (κ3) is 5.97. The number of fused-ring (bicyclic) bond motifs is 4. The second kappa shape index (κ2) is 13.0. The molecule has 6 aromatic rings. The molecule has 11 nitrogen and oxygen atoms in total. The monoisotopic (exact) mass is 723 g/mol. The summed E-state index contributed by atoms with van der Waals surface area (Å²) in [6, 6.07) is 20.3. The van der Waals surface area contributed by atoms with E-state index in [0.717, 1.165) is 71.7 Å². The van der Waals surface area contributed by atoms with Gasteiger partial charge in [0.25, 0.3) is 11.8 Å². The first-order valence-electron chi connectivity index (χ1n) is 17.9.